The number of carbonyl (C=O) groups excluding carboxylic acids is 2. The first kappa shape index (κ1) is 41.7. The van der Waals surface area contributed by atoms with Crippen molar-refractivity contribution in [3.63, 3.8) is 0 Å². The molecule has 1 fully saturated rings. The molecule has 1 saturated heterocycles. The standard InChI is InChI=1S/C44H58O10Si/c1-10-31(2)19-24-37(52-42(45)33-15-12-11-13-16-33)41-38(53-44(3,4)54-41)18-14-17-34-27-36(50-29-32-20-22-35(48-6)23-21-32)28-39(51-30-47-5)40(34)43(46)49-25-26-55(7,8)9/h11-17,19-24,27-28,31,37-38,41H,10,18,25-26,29-30H2,1-9H3/b17-14+,24-19-/t31-,37-,38-,41+/m0/s1/i10T/t10-,31-,37-,38-,41+. The molecule has 1 aliphatic rings. The van der Waals surface area contributed by atoms with Crippen molar-refractivity contribution < 1.29 is 48.9 Å². The largest absolute Gasteiger partial charge is 0.497 e. The summed E-state index contributed by atoms with van der Waals surface area (Å²) < 4.78 is 55.5. The summed E-state index contributed by atoms with van der Waals surface area (Å²) in [6, 6.07) is 20.6. The van der Waals surface area contributed by atoms with Gasteiger partial charge in [0.25, 0.3) is 0 Å². The lowest BCUT2D eigenvalue weighted by atomic mass is 10.00. The highest BCUT2D eigenvalue weighted by molar-refractivity contribution is 6.76. The van der Waals surface area contributed by atoms with E-state index in [2.05, 4.69) is 19.6 Å². The smallest absolute Gasteiger partial charge is 0.342 e. The summed E-state index contributed by atoms with van der Waals surface area (Å²) in [5.74, 6) is -0.631. The summed E-state index contributed by atoms with van der Waals surface area (Å²) in [6.45, 7) is 14.5. The maximum atomic E-state index is 13.8. The van der Waals surface area contributed by atoms with Crippen LogP contribution in [0, 0.1) is 5.92 Å². The topological polar surface area (TPSA) is 108 Å². The number of rotatable bonds is 20. The Morgan fingerprint density at radius 1 is 0.945 bits per heavy atom. The highest BCUT2D eigenvalue weighted by Crippen LogP contribution is 2.36. The fraction of sp³-hybridized carbons (Fsp3) is 0.455. The predicted octanol–water partition coefficient (Wildman–Crippen LogP) is 9.50. The van der Waals surface area contributed by atoms with Crippen LogP contribution in [-0.2, 0) is 30.3 Å². The molecule has 10 nitrogen and oxygen atoms in total. The zero-order valence-electron chi connectivity index (χ0n) is 34.7. The van der Waals surface area contributed by atoms with Crippen molar-refractivity contribution in [3.05, 3.63) is 107 Å². The Morgan fingerprint density at radius 2 is 1.67 bits per heavy atom. The van der Waals surface area contributed by atoms with Gasteiger partial charge in [0.1, 0.15) is 41.6 Å². The molecule has 0 N–H and O–H groups in total. The van der Waals surface area contributed by atoms with E-state index in [4.69, 9.17) is 39.3 Å². The number of esters is 2. The van der Waals surface area contributed by atoms with E-state index < -0.39 is 44.1 Å². The van der Waals surface area contributed by atoms with Crippen LogP contribution in [0.3, 0.4) is 0 Å². The second-order valence-electron chi connectivity index (χ2n) is 15.1. The van der Waals surface area contributed by atoms with Crippen LogP contribution < -0.4 is 14.2 Å². The van der Waals surface area contributed by atoms with Gasteiger partial charge in [-0.05, 0) is 79.8 Å². The molecule has 4 rings (SSSR count). The molecule has 0 aliphatic carbocycles. The van der Waals surface area contributed by atoms with Gasteiger partial charge in [-0.25, -0.2) is 9.59 Å². The van der Waals surface area contributed by atoms with Crippen LogP contribution in [0.25, 0.3) is 6.08 Å². The van der Waals surface area contributed by atoms with E-state index in [1.165, 1.54) is 7.11 Å². The Hall–Kier alpha value is -4.42. The lowest BCUT2D eigenvalue weighted by Gasteiger charge is -2.24. The Labute approximate surface area is 329 Å². The Morgan fingerprint density at radius 3 is 2.33 bits per heavy atom. The van der Waals surface area contributed by atoms with E-state index in [1.54, 1.807) is 49.6 Å². The van der Waals surface area contributed by atoms with E-state index in [0.717, 1.165) is 17.4 Å². The number of hydrogen-bond donors (Lipinski definition) is 0. The van der Waals surface area contributed by atoms with Crippen molar-refractivity contribution in [1.29, 1.82) is 0 Å². The Balaban J connectivity index is 1.68. The molecular formula is C44H58O10Si. The zero-order chi connectivity index (χ0) is 40.9. The van der Waals surface area contributed by atoms with Crippen molar-refractivity contribution in [2.24, 2.45) is 5.92 Å². The molecular weight excluding hydrogens is 717 g/mol. The molecule has 1 aliphatic heterocycles. The van der Waals surface area contributed by atoms with Crippen molar-refractivity contribution in [3.8, 4) is 17.2 Å². The Kier molecular flexibility index (Phi) is 15.5. The molecule has 0 bridgehead atoms. The minimum atomic E-state index is -1.48. The fourth-order valence-electron chi connectivity index (χ4n) is 5.72. The van der Waals surface area contributed by atoms with Gasteiger partial charge in [-0.3, -0.25) is 0 Å². The molecule has 0 spiro atoms. The molecule has 3 aromatic rings. The minimum Gasteiger partial charge on any atom is -0.497 e. The highest BCUT2D eigenvalue weighted by atomic mass is 28.3. The average Bonchev–Trinajstić information content (AvgIpc) is 3.47. The third-order valence-electron chi connectivity index (χ3n) is 8.89. The number of benzene rings is 3. The lowest BCUT2D eigenvalue weighted by Crippen LogP contribution is -2.37. The molecule has 0 saturated carbocycles. The van der Waals surface area contributed by atoms with Crippen LogP contribution in [0.15, 0.2) is 85.0 Å². The molecule has 0 aromatic heterocycles. The second-order valence-corrected chi connectivity index (χ2v) is 20.7. The van der Waals surface area contributed by atoms with Crippen LogP contribution in [-0.4, -0.2) is 71.7 Å². The molecule has 0 radical (unpaired) electrons. The summed E-state index contributed by atoms with van der Waals surface area (Å²) in [5.41, 5.74) is 2.09. The summed E-state index contributed by atoms with van der Waals surface area (Å²) >= 11 is 0. The number of methoxy groups -OCH3 is 2. The van der Waals surface area contributed by atoms with E-state index in [1.807, 2.05) is 76.3 Å². The van der Waals surface area contributed by atoms with Crippen molar-refractivity contribution >= 4 is 26.1 Å². The highest BCUT2D eigenvalue weighted by Gasteiger charge is 2.45. The first-order chi connectivity index (χ1) is 26.6. The monoisotopic (exact) mass is 776 g/mol. The molecule has 5 atom stereocenters. The van der Waals surface area contributed by atoms with Gasteiger partial charge >= 0.3 is 11.9 Å². The zero-order valence-corrected chi connectivity index (χ0v) is 34.7. The van der Waals surface area contributed by atoms with E-state index >= 15 is 0 Å². The number of hydrogen-bond acceptors (Lipinski definition) is 10. The minimum absolute atomic E-state index is 0.0979. The van der Waals surface area contributed by atoms with Crippen LogP contribution >= 0.6 is 0 Å². The van der Waals surface area contributed by atoms with E-state index in [9.17, 15) is 9.59 Å². The van der Waals surface area contributed by atoms with Crippen LogP contribution in [0.1, 0.15) is 73.7 Å². The summed E-state index contributed by atoms with van der Waals surface area (Å²) in [7, 11) is 1.64. The van der Waals surface area contributed by atoms with Crippen LogP contribution in [0.2, 0.25) is 25.7 Å². The predicted molar refractivity (Wildman–Crippen MR) is 216 cm³/mol. The van der Waals surface area contributed by atoms with Gasteiger partial charge in [-0.2, -0.15) is 0 Å². The third-order valence-corrected chi connectivity index (χ3v) is 10.6. The number of ether oxygens (including phenoxy) is 8. The average molecular weight is 777 g/mol. The summed E-state index contributed by atoms with van der Waals surface area (Å²) in [6.07, 6.45) is 5.29. The molecule has 11 heteroatoms. The fourth-order valence-corrected chi connectivity index (χ4v) is 6.44. The van der Waals surface area contributed by atoms with Gasteiger partial charge in [0.15, 0.2) is 12.6 Å². The lowest BCUT2D eigenvalue weighted by molar-refractivity contribution is -0.152. The third kappa shape index (κ3) is 13.7. The maximum Gasteiger partial charge on any atom is 0.342 e. The molecule has 55 heavy (non-hydrogen) atoms. The van der Waals surface area contributed by atoms with Gasteiger partial charge in [0.05, 0.1) is 25.4 Å². The summed E-state index contributed by atoms with van der Waals surface area (Å²) in [4.78, 5) is 27.1. The maximum absolute atomic E-state index is 13.8. The quantitative estimate of drug-likeness (QED) is 0.0477. The van der Waals surface area contributed by atoms with Gasteiger partial charge in [-0.15, -0.1) is 0 Å². The Bertz CT molecular complexity index is 1770. The summed E-state index contributed by atoms with van der Waals surface area (Å²) in [5, 5.41) is 0. The van der Waals surface area contributed by atoms with E-state index in [0.29, 0.717) is 23.3 Å². The second kappa shape index (κ2) is 20.5. The van der Waals surface area contributed by atoms with Gasteiger partial charge in [0.2, 0.25) is 0 Å². The number of allylic oxidation sites excluding steroid dienone is 1. The van der Waals surface area contributed by atoms with Crippen LogP contribution in [0.4, 0.5) is 0 Å². The number of carbonyl (C=O) groups is 2. The van der Waals surface area contributed by atoms with Gasteiger partial charge in [0, 0.05) is 22.6 Å². The molecule has 298 valence electrons. The molecule has 1 heterocycles. The van der Waals surface area contributed by atoms with Crippen molar-refractivity contribution in [1.82, 2.24) is 0 Å². The van der Waals surface area contributed by atoms with Crippen molar-refractivity contribution in [2.75, 3.05) is 27.6 Å². The van der Waals surface area contributed by atoms with Crippen molar-refractivity contribution in [2.45, 2.75) is 96.9 Å². The van der Waals surface area contributed by atoms with Crippen LogP contribution in [0.5, 0.6) is 17.2 Å². The van der Waals surface area contributed by atoms with E-state index in [-0.39, 0.29) is 43.6 Å². The van der Waals surface area contributed by atoms with Gasteiger partial charge < -0.3 is 37.9 Å². The van der Waals surface area contributed by atoms with Gasteiger partial charge in [-0.1, -0.05) is 88.4 Å². The molecule has 0 amide bonds. The normalized spacial score (nSPS) is 18.7. The molecule has 3 aromatic carbocycles. The first-order valence-corrected chi connectivity index (χ1v) is 22.4. The SMILES string of the molecule is [3H][C@@H](C)[C@H](C)/C=C\[C@H](OC(=O)c1ccccc1)[C@H]1OC(C)(C)O[C@H]1C/C=C/c1cc(OCc2ccc(OC)cc2)cc(OCOC)c1C(=O)OCC[Si](C)(C)C. The molecule has 0 unspecified atom stereocenters. The first-order valence-electron chi connectivity index (χ1n) is 19.3.